The van der Waals surface area contributed by atoms with Gasteiger partial charge in [-0.15, -0.1) is 0 Å². The minimum atomic E-state index is -0.719. The summed E-state index contributed by atoms with van der Waals surface area (Å²) in [5, 5.41) is 9.80. The quantitative estimate of drug-likeness (QED) is 0.165. The van der Waals surface area contributed by atoms with Gasteiger partial charge in [0.1, 0.15) is 0 Å². The van der Waals surface area contributed by atoms with Crippen LogP contribution in [0.4, 0.5) is 34.1 Å². The molecule has 1 unspecified atom stereocenters. The van der Waals surface area contributed by atoms with Crippen LogP contribution in [0.3, 0.4) is 0 Å². The van der Waals surface area contributed by atoms with Crippen LogP contribution >= 0.6 is 0 Å². The van der Waals surface area contributed by atoms with Crippen LogP contribution in [-0.2, 0) is 11.8 Å². The van der Waals surface area contributed by atoms with Crippen molar-refractivity contribution in [1.29, 1.82) is 0 Å². The maximum atomic E-state index is 2.57. The molecule has 0 amide bonds. The molecule has 13 aromatic rings. The number of allylic oxidation sites excluding steroid dienone is 1. The summed E-state index contributed by atoms with van der Waals surface area (Å²) in [6.07, 6.45) is 6.63. The SMILES string of the molecule is C1=Cc2cccc(N(c3ccc4c(c3)C3(c5cc(N(c6cccc7ccccc67)c6cccc7ccccc67)ccc5-4)c4ccccc4-n4c5ccccc5c5cccc3c54)c3cccc4ccccc34)c2CC1. The molecule has 2 aliphatic carbocycles. The van der Waals surface area contributed by atoms with Gasteiger partial charge in [-0.3, -0.25) is 0 Å². The van der Waals surface area contributed by atoms with E-state index in [9.17, 15) is 0 Å². The first-order valence-electron chi connectivity index (χ1n) is 26.0. The predicted octanol–water partition coefficient (Wildman–Crippen LogP) is 18.8. The Bertz CT molecular complexity index is 4440. The highest BCUT2D eigenvalue weighted by Crippen LogP contribution is 2.63. The van der Waals surface area contributed by atoms with E-state index < -0.39 is 5.41 Å². The average molecular weight is 942 g/mol. The van der Waals surface area contributed by atoms with Crippen molar-refractivity contribution >= 4 is 94.3 Å². The van der Waals surface area contributed by atoms with E-state index >= 15 is 0 Å². The highest BCUT2D eigenvalue weighted by molar-refractivity contribution is 6.13. The van der Waals surface area contributed by atoms with Crippen molar-refractivity contribution in [3.8, 4) is 16.8 Å². The Balaban J connectivity index is 1.03. The van der Waals surface area contributed by atoms with Crippen molar-refractivity contribution in [2.75, 3.05) is 9.80 Å². The number of para-hydroxylation sites is 3. The topological polar surface area (TPSA) is 11.4 Å². The number of fused-ring (bicyclic) bond motifs is 16. The Kier molecular flexibility index (Phi) is 8.79. The minimum Gasteiger partial charge on any atom is -0.310 e. The standard InChI is InChI=1S/C71H47N3/c1-5-26-52-46(18-1)22-13-36-64(52)72(65-37-14-23-47-19-2-6-27-53(47)65)50-40-42-56-57-43-41-51(73(66-38-15-24-48-20-3-7-28-54(48)66)67-39-16-25-49-21-4-8-29-55(49)67)45-63(57)71(62(56)44-50)60-32-10-12-35-69(60)74-68-34-11-9-30-58(68)59-31-17-33-61(71)70(59)74/h1-7,9-28,30-45H,8,29H2. The van der Waals surface area contributed by atoms with Crippen LogP contribution in [0, 0.1) is 0 Å². The van der Waals surface area contributed by atoms with Gasteiger partial charge in [0.25, 0.3) is 0 Å². The van der Waals surface area contributed by atoms with Crippen LogP contribution in [0.1, 0.15) is 39.8 Å². The van der Waals surface area contributed by atoms with Crippen LogP contribution < -0.4 is 9.80 Å². The monoisotopic (exact) mass is 941 g/mol. The van der Waals surface area contributed by atoms with E-state index in [4.69, 9.17) is 0 Å². The number of hydrogen-bond acceptors (Lipinski definition) is 2. The molecule has 0 fully saturated rings. The number of aromatic nitrogens is 1. The van der Waals surface area contributed by atoms with Crippen molar-refractivity contribution in [3.05, 3.63) is 288 Å². The Morgan fingerprint density at radius 1 is 0.365 bits per heavy atom. The van der Waals surface area contributed by atoms with E-state index in [0.29, 0.717) is 0 Å². The van der Waals surface area contributed by atoms with Crippen molar-refractivity contribution in [2.24, 2.45) is 0 Å². The maximum Gasteiger partial charge on any atom is 0.0756 e. The summed E-state index contributed by atoms with van der Waals surface area (Å²) in [5.74, 6) is 0. The molecule has 0 radical (unpaired) electrons. The molecule has 0 N–H and O–H groups in total. The predicted molar refractivity (Wildman–Crippen MR) is 311 cm³/mol. The second-order valence-corrected chi connectivity index (χ2v) is 20.2. The fraction of sp³-hybridized carbons (Fsp3) is 0.0423. The van der Waals surface area contributed by atoms with Crippen LogP contribution in [0.25, 0.3) is 77.0 Å². The summed E-state index contributed by atoms with van der Waals surface area (Å²) in [4.78, 5) is 5.09. The van der Waals surface area contributed by atoms with Crippen molar-refractivity contribution in [3.63, 3.8) is 0 Å². The Morgan fingerprint density at radius 3 is 1.47 bits per heavy atom. The molecule has 74 heavy (non-hydrogen) atoms. The Morgan fingerprint density at radius 2 is 0.838 bits per heavy atom. The van der Waals surface area contributed by atoms with Gasteiger partial charge < -0.3 is 14.4 Å². The van der Waals surface area contributed by atoms with Crippen molar-refractivity contribution < 1.29 is 0 Å². The third-order valence-electron chi connectivity index (χ3n) is 16.6. The molecule has 3 aliphatic rings. The molecular formula is C71H47N3. The summed E-state index contributed by atoms with van der Waals surface area (Å²) in [7, 11) is 0. The molecule has 0 saturated carbocycles. The van der Waals surface area contributed by atoms with Gasteiger partial charge in [0.2, 0.25) is 0 Å². The van der Waals surface area contributed by atoms with E-state index in [1.165, 1.54) is 116 Å². The molecule has 1 atom stereocenters. The molecule has 0 bridgehead atoms. The number of rotatable bonds is 6. The van der Waals surface area contributed by atoms with E-state index in [1.54, 1.807) is 0 Å². The third kappa shape index (κ3) is 5.67. The average Bonchev–Trinajstić information content (AvgIpc) is 3.96. The van der Waals surface area contributed by atoms with E-state index in [1.807, 2.05) is 0 Å². The number of benzene rings is 12. The first-order chi connectivity index (χ1) is 36.7. The largest absolute Gasteiger partial charge is 0.310 e. The van der Waals surface area contributed by atoms with Gasteiger partial charge in [-0.2, -0.15) is 0 Å². The van der Waals surface area contributed by atoms with E-state index in [-0.39, 0.29) is 0 Å². The lowest BCUT2D eigenvalue weighted by atomic mass is 9.65. The van der Waals surface area contributed by atoms with Gasteiger partial charge in [-0.05, 0) is 134 Å². The van der Waals surface area contributed by atoms with Gasteiger partial charge in [0, 0.05) is 44.0 Å². The van der Waals surface area contributed by atoms with Crippen LogP contribution in [0.2, 0.25) is 0 Å². The highest BCUT2D eigenvalue weighted by atomic mass is 15.2. The molecule has 12 aromatic carbocycles. The van der Waals surface area contributed by atoms with Gasteiger partial charge >= 0.3 is 0 Å². The lowest BCUT2D eigenvalue weighted by Crippen LogP contribution is -2.33. The lowest BCUT2D eigenvalue weighted by Gasteiger charge is -2.40. The molecule has 1 aromatic heterocycles. The molecule has 346 valence electrons. The fourth-order valence-corrected chi connectivity index (χ4v) is 13.6. The Hall–Kier alpha value is -9.44. The molecule has 1 aliphatic heterocycles. The zero-order valence-corrected chi connectivity index (χ0v) is 40.6. The van der Waals surface area contributed by atoms with Gasteiger partial charge in [-0.25, -0.2) is 0 Å². The van der Waals surface area contributed by atoms with Crippen molar-refractivity contribution in [2.45, 2.75) is 18.3 Å². The van der Waals surface area contributed by atoms with E-state index in [0.717, 1.165) is 35.6 Å². The first kappa shape index (κ1) is 41.2. The normalized spacial score (nSPS) is 14.9. The summed E-state index contributed by atoms with van der Waals surface area (Å²) in [6.45, 7) is 0. The second kappa shape index (κ2) is 15.8. The lowest BCUT2D eigenvalue weighted by molar-refractivity contribution is 0.748. The zero-order chi connectivity index (χ0) is 48.5. The van der Waals surface area contributed by atoms with Crippen molar-refractivity contribution in [1.82, 2.24) is 4.57 Å². The van der Waals surface area contributed by atoms with E-state index in [2.05, 4.69) is 275 Å². The number of anilines is 6. The minimum absolute atomic E-state index is 0.719. The van der Waals surface area contributed by atoms with Gasteiger partial charge in [0.15, 0.2) is 0 Å². The molecular weight excluding hydrogens is 895 g/mol. The first-order valence-corrected chi connectivity index (χ1v) is 26.0. The summed E-state index contributed by atoms with van der Waals surface area (Å²) < 4.78 is 2.55. The number of hydrogen-bond donors (Lipinski definition) is 0. The fourth-order valence-electron chi connectivity index (χ4n) is 13.6. The van der Waals surface area contributed by atoms with Crippen LogP contribution in [-0.4, -0.2) is 4.57 Å². The molecule has 2 heterocycles. The molecule has 3 nitrogen and oxygen atoms in total. The zero-order valence-electron chi connectivity index (χ0n) is 40.6. The number of nitrogens with zero attached hydrogens (tertiary/aromatic N) is 3. The summed E-state index contributed by atoms with van der Waals surface area (Å²) in [6, 6.07) is 93.6. The van der Waals surface area contributed by atoms with Crippen LogP contribution in [0.15, 0.2) is 255 Å². The van der Waals surface area contributed by atoms with Gasteiger partial charge in [0.05, 0.1) is 39.2 Å². The maximum absolute atomic E-state index is 2.57. The van der Waals surface area contributed by atoms with Gasteiger partial charge in [-0.1, -0.05) is 200 Å². The smallest absolute Gasteiger partial charge is 0.0756 e. The molecule has 16 rings (SSSR count). The molecule has 3 heteroatoms. The second-order valence-electron chi connectivity index (χ2n) is 20.2. The molecule has 1 spiro atoms. The summed E-state index contributed by atoms with van der Waals surface area (Å²) in [5.41, 5.74) is 20.2. The third-order valence-corrected chi connectivity index (χ3v) is 16.6. The molecule has 0 saturated heterocycles. The highest BCUT2D eigenvalue weighted by Gasteiger charge is 2.51. The summed E-state index contributed by atoms with van der Waals surface area (Å²) >= 11 is 0. The van der Waals surface area contributed by atoms with Crippen LogP contribution in [0.5, 0.6) is 0 Å². The Labute approximate surface area is 429 Å².